The molecule has 1 aromatic heterocycles. The Morgan fingerprint density at radius 3 is 2.73 bits per heavy atom. The summed E-state index contributed by atoms with van der Waals surface area (Å²) in [5, 5.41) is 3.84. The van der Waals surface area contributed by atoms with Gasteiger partial charge in [-0.15, -0.1) is 0 Å². The largest absolute Gasteiger partial charge is 0.380 e. The van der Waals surface area contributed by atoms with Crippen LogP contribution in [0, 0.1) is 24.7 Å². The van der Waals surface area contributed by atoms with E-state index in [2.05, 4.69) is 10.1 Å². The minimum absolute atomic E-state index is 0.0146. The molecule has 22 heavy (non-hydrogen) atoms. The molecule has 0 radical (unpaired) electrons. The van der Waals surface area contributed by atoms with Gasteiger partial charge in [0.2, 0.25) is 15.9 Å². The van der Waals surface area contributed by atoms with Gasteiger partial charge in [0.15, 0.2) is 5.82 Å². The maximum absolute atomic E-state index is 12.5. The number of hydrogen-bond acceptors (Lipinski definition) is 6. The molecule has 8 heteroatoms. The van der Waals surface area contributed by atoms with E-state index in [9.17, 15) is 8.42 Å². The molecule has 1 aromatic rings. The predicted molar refractivity (Wildman–Crippen MR) is 79.8 cm³/mol. The SMILES string of the molecule is Cc1noc([C@H]2COC[C@@H]3CN(S(=O)(=O)CC(C)C)C[C@@H]32)n1. The van der Waals surface area contributed by atoms with Gasteiger partial charge in [0, 0.05) is 19.0 Å². The summed E-state index contributed by atoms with van der Waals surface area (Å²) in [4.78, 5) is 4.30. The van der Waals surface area contributed by atoms with Crippen LogP contribution in [-0.4, -0.2) is 54.9 Å². The highest BCUT2D eigenvalue weighted by Crippen LogP contribution is 2.40. The first kappa shape index (κ1) is 15.9. The Bertz CT molecular complexity index is 628. The van der Waals surface area contributed by atoms with Crippen LogP contribution >= 0.6 is 0 Å². The van der Waals surface area contributed by atoms with Crippen LogP contribution in [0.2, 0.25) is 0 Å². The zero-order valence-electron chi connectivity index (χ0n) is 13.2. The Kier molecular flexibility index (Phi) is 4.26. The van der Waals surface area contributed by atoms with Crippen LogP contribution in [0.25, 0.3) is 0 Å². The molecule has 3 heterocycles. The van der Waals surface area contributed by atoms with E-state index in [1.807, 2.05) is 13.8 Å². The van der Waals surface area contributed by atoms with Gasteiger partial charge in [-0.05, 0) is 18.8 Å². The molecule has 0 bridgehead atoms. The molecule has 2 aliphatic heterocycles. The number of fused-ring (bicyclic) bond motifs is 1. The monoisotopic (exact) mass is 329 g/mol. The second-order valence-corrected chi connectivity index (χ2v) is 8.75. The number of aryl methyl sites for hydroxylation is 1. The molecule has 0 aliphatic carbocycles. The molecule has 0 aromatic carbocycles. The zero-order chi connectivity index (χ0) is 15.9. The van der Waals surface area contributed by atoms with Gasteiger partial charge in [-0.3, -0.25) is 0 Å². The van der Waals surface area contributed by atoms with Crippen molar-refractivity contribution >= 4 is 10.0 Å². The number of aromatic nitrogens is 2. The highest BCUT2D eigenvalue weighted by Gasteiger charge is 2.46. The van der Waals surface area contributed by atoms with Gasteiger partial charge in [-0.25, -0.2) is 12.7 Å². The van der Waals surface area contributed by atoms with E-state index in [1.54, 1.807) is 11.2 Å². The summed E-state index contributed by atoms with van der Waals surface area (Å²) in [5.74, 6) is 1.85. The quantitative estimate of drug-likeness (QED) is 0.820. The molecule has 2 saturated heterocycles. The molecule has 0 N–H and O–H groups in total. The first-order valence-electron chi connectivity index (χ1n) is 7.72. The van der Waals surface area contributed by atoms with Gasteiger partial charge in [0.1, 0.15) is 0 Å². The van der Waals surface area contributed by atoms with Crippen molar-refractivity contribution in [1.29, 1.82) is 0 Å². The lowest BCUT2D eigenvalue weighted by Crippen LogP contribution is -2.34. The fourth-order valence-corrected chi connectivity index (χ4v) is 5.30. The second kappa shape index (κ2) is 5.90. The van der Waals surface area contributed by atoms with Crippen molar-refractivity contribution in [3.8, 4) is 0 Å². The van der Waals surface area contributed by atoms with Crippen molar-refractivity contribution in [2.75, 3.05) is 32.1 Å². The smallest absolute Gasteiger partial charge is 0.232 e. The topological polar surface area (TPSA) is 85.5 Å². The number of rotatable bonds is 4. The van der Waals surface area contributed by atoms with E-state index in [0.717, 1.165) is 0 Å². The van der Waals surface area contributed by atoms with Crippen LogP contribution in [-0.2, 0) is 14.8 Å². The highest BCUT2D eigenvalue weighted by atomic mass is 32.2. The summed E-state index contributed by atoms with van der Waals surface area (Å²) in [6, 6.07) is 0. The summed E-state index contributed by atoms with van der Waals surface area (Å²) >= 11 is 0. The van der Waals surface area contributed by atoms with E-state index >= 15 is 0 Å². The predicted octanol–water partition coefficient (Wildman–Crippen LogP) is 1.03. The molecular formula is C14H23N3O4S. The lowest BCUT2D eigenvalue weighted by atomic mass is 9.83. The van der Waals surface area contributed by atoms with Crippen molar-refractivity contribution in [2.45, 2.75) is 26.7 Å². The van der Waals surface area contributed by atoms with E-state index in [1.165, 1.54) is 0 Å². The van der Waals surface area contributed by atoms with Gasteiger partial charge in [0.05, 0.1) is 24.9 Å². The van der Waals surface area contributed by atoms with Crippen molar-refractivity contribution in [2.24, 2.45) is 17.8 Å². The fraction of sp³-hybridized carbons (Fsp3) is 0.857. The minimum Gasteiger partial charge on any atom is -0.380 e. The normalized spacial score (nSPS) is 29.9. The lowest BCUT2D eigenvalue weighted by Gasteiger charge is -2.30. The number of ether oxygens (including phenoxy) is 1. The Hall–Kier alpha value is -0.990. The van der Waals surface area contributed by atoms with E-state index in [-0.39, 0.29) is 29.4 Å². The molecule has 2 aliphatic rings. The summed E-state index contributed by atoms with van der Waals surface area (Å²) in [5.41, 5.74) is 0. The van der Waals surface area contributed by atoms with Crippen LogP contribution in [0.4, 0.5) is 0 Å². The molecule has 0 spiro atoms. The molecular weight excluding hydrogens is 306 g/mol. The maximum atomic E-state index is 12.5. The summed E-state index contributed by atoms with van der Waals surface area (Å²) in [7, 11) is -3.21. The molecule has 3 atom stereocenters. The molecule has 7 nitrogen and oxygen atoms in total. The standard InChI is InChI=1S/C14H23N3O4S/c1-9(2)8-22(18,19)17-4-11-6-20-7-13(12(11)5-17)14-15-10(3)16-21-14/h9,11-13H,4-8H2,1-3H3/t11-,12-,13-/m0/s1. The van der Waals surface area contributed by atoms with E-state index in [4.69, 9.17) is 9.26 Å². The molecule has 124 valence electrons. The first-order chi connectivity index (χ1) is 10.4. The number of nitrogens with zero attached hydrogens (tertiary/aromatic N) is 3. The highest BCUT2D eigenvalue weighted by molar-refractivity contribution is 7.89. The van der Waals surface area contributed by atoms with Crippen LogP contribution in [0.5, 0.6) is 0 Å². The van der Waals surface area contributed by atoms with Crippen LogP contribution < -0.4 is 0 Å². The summed E-state index contributed by atoms with van der Waals surface area (Å²) in [6.45, 7) is 7.80. The first-order valence-corrected chi connectivity index (χ1v) is 9.33. The third-order valence-electron chi connectivity index (χ3n) is 4.40. The van der Waals surface area contributed by atoms with E-state index < -0.39 is 10.0 Å². The average Bonchev–Trinajstić information content (AvgIpc) is 3.02. The lowest BCUT2D eigenvalue weighted by molar-refractivity contribution is 0.00994. The van der Waals surface area contributed by atoms with Crippen molar-refractivity contribution in [1.82, 2.24) is 14.4 Å². The van der Waals surface area contributed by atoms with Gasteiger partial charge in [-0.1, -0.05) is 19.0 Å². The second-order valence-electron chi connectivity index (χ2n) is 6.74. The van der Waals surface area contributed by atoms with Crippen molar-refractivity contribution < 1.29 is 17.7 Å². The molecule has 0 saturated carbocycles. The Balaban J connectivity index is 1.78. The molecule has 0 unspecified atom stereocenters. The number of sulfonamides is 1. The van der Waals surface area contributed by atoms with Crippen LogP contribution in [0.15, 0.2) is 4.52 Å². The van der Waals surface area contributed by atoms with Gasteiger partial charge < -0.3 is 9.26 Å². The minimum atomic E-state index is -3.21. The zero-order valence-corrected chi connectivity index (χ0v) is 14.0. The fourth-order valence-electron chi connectivity index (χ4n) is 3.43. The molecule has 2 fully saturated rings. The summed E-state index contributed by atoms with van der Waals surface area (Å²) < 4.78 is 37.5. The van der Waals surface area contributed by atoms with Crippen molar-refractivity contribution in [3.63, 3.8) is 0 Å². The Morgan fingerprint density at radius 2 is 2.09 bits per heavy atom. The maximum Gasteiger partial charge on any atom is 0.232 e. The van der Waals surface area contributed by atoms with Crippen molar-refractivity contribution in [3.05, 3.63) is 11.7 Å². The molecule has 0 amide bonds. The summed E-state index contributed by atoms with van der Waals surface area (Å²) in [6.07, 6.45) is 0. The van der Waals surface area contributed by atoms with E-state index in [0.29, 0.717) is 38.0 Å². The van der Waals surface area contributed by atoms with Gasteiger partial charge >= 0.3 is 0 Å². The molecule has 3 rings (SSSR count). The Morgan fingerprint density at radius 1 is 1.32 bits per heavy atom. The average molecular weight is 329 g/mol. The third kappa shape index (κ3) is 3.04. The Labute approximate surface area is 131 Å². The van der Waals surface area contributed by atoms with Crippen LogP contribution in [0.1, 0.15) is 31.5 Å². The van der Waals surface area contributed by atoms with Gasteiger partial charge in [-0.2, -0.15) is 4.98 Å². The third-order valence-corrected chi connectivity index (χ3v) is 6.57. The van der Waals surface area contributed by atoms with Gasteiger partial charge in [0.25, 0.3) is 0 Å². The van der Waals surface area contributed by atoms with Crippen LogP contribution in [0.3, 0.4) is 0 Å². The number of hydrogen-bond donors (Lipinski definition) is 0.